The number of nitrogens with one attached hydrogen (secondary N) is 1. The minimum atomic E-state index is -0.407. The van der Waals surface area contributed by atoms with E-state index in [1.165, 1.54) is 38.5 Å². The first kappa shape index (κ1) is 18.3. The molecule has 0 saturated heterocycles. The number of amides is 1. The van der Waals surface area contributed by atoms with Crippen LogP contribution in [-0.2, 0) is 14.3 Å². The monoisotopic (exact) mass is 371 g/mol. The van der Waals surface area contributed by atoms with Crippen molar-refractivity contribution in [3.8, 4) is 5.75 Å². The molecule has 1 N–H and O–H groups in total. The van der Waals surface area contributed by atoms with Gasteiger partial charge in [0.15, 0.2) is 6.61 Å². The van der Waals surface area contributed by atoms with Gasteiger partial charge in [0.2, 0.25) is 0 Å². The molecular weight excluding hydrogens is 342 g/mol. The predicted molar refractivity (Wildman–Crippen MR) is 101 cm³/mol. The largest absolute Gasteiger partial charge is 0.493 e. The normalized spacial score (nSPS) is 30.7. The van der Waals surface area contributed by atoms with Crippen molar-refractivity contribution < 1.29 is 19.1 Å². The van der Waals surface area contributed by atoms with Crippen molar-refractivity contribution in [2.45, 2.75) is 44.9 Å². The summed E-state index contributed by atoms with van der Waals surface area (Å²) in [5.74, 6) is 2.74. The van der Waals surface area contributed by atoms with Gasteiger partial charge in [0, 0.05) is 6.54 Å². The van der Waals surface area contributed by atoms with Crippen molar-refractivity contribution in [1.82, 2.24) is 5.32 Å². The standard InChI is InChI=1S/C22H29NO4/c24-20(14-27-21(25)6-7-26-19-4-2-1-3-5-19)23-15-22-11-16-8-17(12-22)10-18(9-16)13-22/h1-5,16-18H,6-15H2,(H,23,24). The lowest BCUT2D eigenvalue weighted by Gasteiger charge is -2.56. The highest BCUT2D eigenvalue weighted by molar-refractivity contribution is 5.80. The number of ether oxygens (including phenoxy) is 2. The predicted octanol–water partition coefficient (Wildman–Crippen LogP) is 3.33. The third-order valence-corrected chi connectivity index (χ3v) is 6.51. The van der Waals surface area contributed by atoms with Crippen molar-refractivity contribution in [1.29, 1.82) is 0 Å². The lowest BCUT2D eigenvalue weighted by molar-refractivity contribution is -0.149. The van der Waals surface area contributed by atoms with Gasteiger partial charge in [-0.1, -0.05) is 18.2 Å². The Balaban J connectivity index is 1.13. The van der Waals surface area contributed by atoms with Crippen molar-refractivity contribution in [2.24, 2.45) is 23.2 Å². The average Bonchev–Trinajstić information content (AvgIpc) is 2.65. The summed E-state index contributed by atoms with van der Waals surface area (Å²) in [4.78, 5) is 23.9. The van der Waals surface area contributed by atoms with E-state index in [0.717, 1.165) is 30.0 Å². The van der Waals surface area contributed by atoms with Gasteiger partial charge in [-0.05, 0) is 73.8 Å². The quantitative estimate of drug-likeness (QED) is 0.712. The highest BCUT2D eigenvalue weighted by Crippen LogP contribution is 2.59. The van der Waals surface area contributed by atoms with Gasteiger partial charge >= 0.3 is 5.97 Å². The lowest BCUT2D eigenvalue weighted by Crippen LogP contribution is -2.51. The molecule has 5 heteroatoms. The van der Waals surface area contributed by atoms with Gasteiger partial charge in [-0.3, -0.25) is 9.59 Å². The van der Waals surface area contributed by atoms with Gasteiger partial charge in [-0.15, -0.1) is 0 Å². The Morgan fingerprint density at radius 3 is 2.26 bits per heavy atom. The second kappa shape index (κ2) is 7.91. The molecule has 0 unspecified atom stereocenters. The van der Waals surface area contributed by atoms with Crippen LogP contribution < -0.4 is 10.1 Å². The Hall–Kier alpha value is -2.04. The molecule has 0 spiro atoms. The van der Waals surface area contributed by atoms with E-state index in [9.17, 15) is 9.59 Å². The number of carbonyl (C=O) groups excluding carboxylic acids is 2. The molecule has 1 amide bonds. The topological polar surface area (TPSA) is 64.6 Å². The number of hydrogen-bond acceptors (Lipinski definition) is 4. The van der Waals surface area contributed by atoms with Gasteiger partial charge in [-0.2, -0.15) is 0 Å². The summed E-state index contributed by atoms with van der Waals surface area (Å²) < 4.78 is 10.5. The summed E-state index contributed by atoms with van der Waals surface area (Å²) in [6, 6.07) is 9.33. The van der Waals surface area contributed by atoms with Crippen LogP contribution in [-0.4, -0.2) is 31.6 Å². The fourth-order valence-corrected chi connectivity index (χ4v) is 5.83. The van der Waals surface area contributed by atoms with Gasteiger partial charge in [0.1, 0.15) is 5.75 Å². The molecule has 0 atom stereocenters. The zero-order chi connectivity index (χ0) is 18.7. The molecule has 27 heavy (non-hydrogen) atoms. The van der Waals surface area contributed by atoms with E-state index in [0.29, 0.717) is 5.41 Å². The van der Waals surface area contributed by atoms with Crippen LogP contribution in [0.3, 0.4) is 0 Å². The second-order valence-corrected chi connectivity index (χ2v) is 8.77. The van der Waals surface area contributed by atoms with Crippen molar-refractivity contribution >= 4 is 11.9 Å². The van der Waals surface area contributed by atoms with Gasteiger partial charge in [0.05, 0.1) is 13.0 Å². The summed E-state index contributed by atoms with van der Waals surface area (Å²) >= 11 is 0. The van der Waals surface area contributed by atoms with Gasteiger partial charge in [-0.25, -0.2) is 0 Å². The minimum Gasteiger partial charge on any atom is -0.493 e. The maximum Gasteiger partial charge on any atom is 0.309 e. The highest BCUT2D eigenvalue weighted by atomic mass is 16.5. The molecule has 0 aromatic heterocycles. The molecule has 1 aromatic carbocycles. The van der Waals surface area contributed by atoms with Crippen LogP contribution in [0, 0.1) is 23.2 Å². The van der Waals surface area contributed by atoms with E-state index in [1.807, 2.05) is 30.3 Å². The Labute approximate surface area is 160 Å². The highest BCUT2D eigenvalue weighted by Gasteiger charge is 2.50. The van der Waals surface area contributed by atoms with Crippen molar-refractivity contribution in [3.63, 3.8) is 0 Å². The molecule has 4 fully saturated rings. The smallest absolute Gasteiger partial charge is 0.309 e. The molecule has 4 aliphatic rings. The molecule has 4 aliphatic carbocycles. The number of benzene rings is 1. The van der Waals surface area contributed by atoms with Crippen LogP contribution in [0.1, 0.15) is 44.9 Å². The Kier molecular flexibility index (Phi) is 5.37. The fourth-order valence-electron chi connectivity index (χ4n) is 5.83. The van der Waals surface area contributed by atoms with E-state index < -0.39 is 5.97 Å². The SMILES string of the molecule is O=C(COC(=O)CCOc1ccccc1)NCC12CC3CC(CC(C3)C1)C2. The fraction of sp³-hybridized carbons (Fsp3) is 0.636. The van der Waals surface area contributed by atoms with Gasteiger partial charge < -0.3 is 14.8 Å². The average molecular weight is 371 g/mol. The van der Waals surface area contributed by atoms with E-state index in [4.69, 9.17) is 9.47 Å². The minimum absolute atomic E-state index is 0.136. The molecule has 0 radical (unpaired) electrons. The molecule has 0 aliphatic heterocycles. The van der Waals surface area contributed by atoms with Crippen molar-refractivity contribution in [2.75, 3.05) is 19.8 Å². The Morgan fingerprint density at radius 1 is 1.00 bits per heavy atom. The summed E-state index contributed by atoms with van der Waals surface area (Å²) in [5.41, 5.74) is 0.304. The van der Waals surface area contributed by atoms with Crippen LogP contribution >= 0.6 is 0 Å². The van der Waals surface area contributed by atoms with Crippen LogP contribution in [0.2, 0.25) is 0 Å². The van der Waals surface area contributed by atoms with Gasteiger partial charge in [0.25, 0.3) is 5.91 Å². The Bertz CT molecular complexity index is 637. The molecule has 4 saturated carbocycles. The summed E-state index contributed by atoms with van der Waals surface area (Å²) in [6.45, 7) is 0.790. The molecule has 1 aromatic rings. The second-order valence-electron chi connectivity index (χ2n) is 8.77. The number of rotatable bonds is 8. The first-order valence-corrected chi connectivity index (χ1v) is 10.2. The van der Waals surface area contributed by atoms with E-state index in [-0.39, 0.29) is 25.5 Å². The summed E-state index contributed by atoms with van der Waals surface area (Å²) in [7, 11) is 0. The third kappa shape index (κ3) is 4.63. The van der Waals surface area contributed by atoms with Crippen LogP contribution in [0.15, 0.2) is 30.3 Å². The maximum absolute atomic E-state index is 12.1. The lowest BCUT2D eigenvalue weighted by atomic mass is 9.49. The van der Waals surface area contributed by atoms with Crippen LogP contribution in [0.25, 0.3) is 0 Å². The van der Waals surface area contributed by atoms with E-state index >= 15 is 0 Å². The van der Waals surface area contributed by atoms with Crippen LogP contribution in [0.5, 0.6) is 5.75 Å². The molecular formula is C22H29NO4. The first-order chi connectivity index (χ1) is 13.1. The number of para-hydroxylation sites is 1. The van der Waals surface area contributed by atoms with Crippen LogP contribution in [0.4, 0.5) is 0 Å². The maximum atomic E-state index is 12.1. The Morgan fingerprint density at radius 2 is 1.63 bits per heavy atom. The molecule has 5 rings (SSSR count). The number of carbonyl (C=O) groups is 2. The zero-order valence-corrected chi connectivity index (χ0v) is 15.8. The molecule has 4 bridgehead atoms. The number of hydrogen-bond donors (Lipinski definition) is 1. The third-order valence-electron chi connectivity index (χ3n) is 6.51. The summed E-state index contributed by atoms with van der Waals surface area (Å²) in [6.07, 6.45) is 8.11. The first-order valence-electron chi connectivity index (χ1n) is 10.2. The van der Waals surface area contributed by atoms with E-state index in [2.05, 4.69) is 5.32 Å². The molecule has 0 heterocycles. The zero-order valence-electron chi connectivity index (χ0n) is 15.8. The number of esters is 1. The summed E-state index contributed by atoms with van der Waals surface area (Å²) in [5, 5.41) is 3.03. The molecule has 5 nitrogen and oxygen atoms in total. The molecule has 146 valence electrons. The van der Waals surface area contributed by atoms with Crippen molar-refractivity contribution in [3.05, 3.63) is 30.3 Å². The van der Waals surface area contributed by atoms with E-state index in [1.54, 1.807) is 0 Å².